The van der Waals surface area contributed by atoms with Crippen molar-refractivity contribution in [3.8, 4) is 0 Å². The molecule has 26 heteroatoms. The molecule has 11 atom stereocenters. The largest absolute Gasteiger partial charge is 0.394 e. The fraction of sp³-hybridized carbons (Fsp3) is 0.796. The van der Waals surface area contributed by atoms with Gasteiger partial charge in [0.2, 0.25) is 47.3 Å². The third-order valence-corrected chi connectivity index (χ3v) is 13.8. The van der Waals surface area contributed by atoms with E-state index >= 15 is 0 Å². The van der Waals surface area contributed by atoms with Crippen molar-refractivity contribution in [1.82, 2.24) is 42.5 Å². The summed E-state index contributed by atoms with van der Waals surface area (Å²) in [6.07, 6.45) is 1.81. The minimum Gasteiger partial charge on any atom is -0.394 e. The van der Waals surface area contributed by atoms with Gasteiger partial charge in [0.25, 0.3) is 0 Å². The van der Waals surface area contributed by atoms with Crippen LogP contribution in [0.1, 0.15) is 151 Å². The highest BCUT2D eigenvalue weighted by Gasteiger charge is 2.37. The van der Waals surface area contributed by atoms with Gasteiger partial charge in [0.05, 0.1) is 18.8 Å². The average molecular weight is 1140 g/mol. The van der Waals surface area contributed by atoms with Crippen molar-refractivity contribution in [2.45, 2.75) is 199 Å². The molecule has 0 aromatic carbocycles. The number of rotatable bonds is 31. The van der Waals surface area contributed by atoms with Crippen LogP contribution in [0.2, 0.25) is 0 Å². The van der Waals surface area contributed by atoms with Crippen LogP contribution in [-0.2, 0) is 52.7 Å². The Kier molecular flexibility index (Phi) is 36.1. The first-order chi connectivity index (χ1) is 37.9. The number of Topliss-reactive ketones (excluding diaryl/α,β-unsaturated/α-hetero) is 3. The van der Waals surface area contributed by atoms with E-state index in [0.717, 1.165) is 25.7 Å². The predicted molar refractivity (Wildman–Crippen MR) is 300 cm³/mol. The van der Waals surface area contributed by atoms with Crippen molar-refractivity contribution in [3.63, 3.8) is 0 Å². The van der Waals surface area contributed by atoms with E-state index in [1.165, 1.54) is 6.92 Å². The summed E-state index contributed by atoms with van der Waals surface area (Å²) in [7, 11) is 0. The number of unbranched alkanes of at least 4 members (excludes halogenated alkanes) is 4. The maximum atomic E-state index is 14.4. The molecule has 458 valence electrons. The number of amides is 8. The molecular formula is C54H99N13O13. The third-order valence-electron chi connectivity index (χ3n) is 13.8. The Morgan fingerprint density at radius 2 is 1.09 bits per heavy atom. The van der Waals surface area contributed by atoms with Crippen LogP contribution in [0, 0.1) is 29.6 Å². The molecule has 80 heavy (non-hydrogen) atoms. The molecule has 0 radical (unpaired) electrons. The van der Waals surface area contributed by atoms with Crippen LogP contribution >= 0.6 is 0 Å². The van der Waals surface area contributed by atoms with E-state index in [1.807, 2.05) is 27.7 Å². The van der Waals surface area contributed by atoms with Crippen molar-refractivity contribution < 1.29 is 63.0 Å². The number of carbonyl (C=O) groups excluding carboxylic acids is 11. The summed E-state index contributed by atoms with van der Waals surface area (Å²) in [6, 6.07) is -9.94. The van der Waals surface area contributed by atoms with E-state index in [-0.39, 0.29) is 115 Å². The van der Waals surface area contributed by atoms with Gasteiger partial charge in [-0.15, -0.1) is 0 Å². The minimum atomic E-state index is -1.62. The Balaban J connectivity index is 3.78. The van der Waals surface area contributed by atoms with E-state index < -0.39 is 151 Å². The number of carbonyl (C=O) groups is 11. The van der Waals surface area contributed by atoms with Gasteiger partial charge in [-0.05, 0) is 109 Å². The summed E-state index contributed by atoms with van der Waals surface area (Å²) in [5.74, 6) is -11.6. The summed E-state index contributed by atoms with van der Waals surface area (Å²) in [4.78, 5) is 153. The zero-order chi connectivity index (χ0) is 60.5. The monoisotopic (exact) mass is 1140 g/mol. The number of ketones is 3. The van der Waals surface area contributed by atoms with Crippen molar-refractivity contribution in [2.75, 3.05) is 45.9 Å². The number of nitrogens with one attached hydrogen (secondary N) is 8. The molecule has 0 aromatic rings. The molecule has 1 saturated heterocycles. The maximum absolute atomic E-state index is 14.4. The molecule has 0 saturated carbocycles. The van der Waals surface area contributed by atoms with Gasteiger partial charge in [0, 0.05) is 50.0 Å². The normalized spacial score (nSPS) is 23.1. The number of nitrogens with two attached hydrogens (primary N) is 5. The zero-order valence-electron chi connectivity index (χ0n) is 48.2. The van der Waals surface area contributed by atoms with Crippen LogP contribution in [0.3, 0.4) is 0 Å². The predicted octanol–water partition coefficient (Wildman–Crippen LogP) is -2.80. The van der Waals surface area contributed by atoms with Gasteiger partial charge in [0.15, 0.2) is 11.6 Å². The Bertz CT molecular complexity index is 1990. The van der Waals surface area contributed by atoms with E-state index in [9.17, 15) is 63.0 Å². The van der Waals surface area contributed by atoms with Crippen molar-refractivity contribution in [3.05, 3.63) is 0 Å². The Hall–Kier alpha value is -5.51. The third kappa shape index (κ3) is 27.3. The van der Waals surface area contributed by atoms with Gasteiger partial charge in [-0.1, -0.05) is 60.3 Å². The number of aliphatic hydroxyl groups excluding tert-OH is 2. The molecule has 0 spiro atoms. The quantitative estimate of drug-likeness (QED) is 0.0312. The molecule has 1 aliphatic rings. The molecule has 1 aliphatic heterocycles. The van der Waals surface area contributed by atoms with Crippen LogP contribution in [0.5, 0.6) is 0 Å². The summed E-state index contributed by atoms with van der Waals surface area (Å²) in [6.45, 7) is 8.89. The van der Waals surface area contributed by atoms with Gasteiger partial charge < -0.3 is 81.4 Å². The Morgan fingerprint density at radius 3 is 1.60 bits per heavy atom. The summed E-state index contributed by atoms with van der Waals surface area (Å²) < 4.78 is 0. The van der Waals surface area contributed by atoms with E-state index in [2.05, 4.69) is 49.5 Å². The zero-order valence-corrected chi connectivity index (χ0v) is 48.2. The Morgan fingerprint density at radius 1 is 0.588 bits per heavy atom. The summed E-state index contributed by atoms with van der Waals surface area (Å²) >= 11 is 0. The van der Waals surface area contributed by atoms with Gasteiger partial charge in [-0.2, -0.15) is 0 Å². The molecule has 20 N–H and O–H groups in total. The molecule has 26 nitrogen and oxygen atoms in total. The highest BCUT2D eigenvalue weighted by Crippen LogP contribution is 2.21. The van der Waals surface area contributed by atoms with Crippen LogP contribution in [0.15, 0.2) is 0 Å². The highest BCUT2D eigenvalue weighted by atomic mass is 16.3. The van der Waals surface area contributed by atoms with Gasteiger partial charge >= 0.3 is 0 Å². The van der Waals surface area contributed by atoms with Crippen LogP contribution in [-0.4, -0.2) is 169 Å². The molecule has 1 heterocycles. The molecule has 0 unspecified atom stereocenters. The summed E-state index contributed by atoms with van der Waals surface area (Å²) in [5.41, 5.74) is 29.3. The first kappa shape index (κ1) is 72.5. The molecule has 1 fully saturated rings. The Labute approximate surface area is 472 Å². The molecule has 8 amide bonds. The smallest absolute Gasteiger partial charge is 0.244 e. The lowest BCUT2D eigenvalue weighted by Gasteiger charge is -2.28. The summed E-state index contributed by atoms with van der Waals surface area (Å²) in [5, 5.41) is 41.7. The maximum Gasteiger partial charge on any atom is 0.244 e. The first-order valence-electron chi connectivity index (χ1n) is 28.7. The van der Waals surface area contributed by atoms with E-state index in [4.69, 9.17) is 28.7 Å². The number of aliphatic hydroxyl groups is 2. The lowest BCUT2D eigenvalue weighted by atomic mass is 9.88. The second-order valence-electron chi connectivity index (χ2n) is 21.8. The van der Waals surface area contributed by atoms with Gasteiger partial charge in [0.1, 0.15) is 42.0 Å². The second-order valence-corrected chi connectivity index (χ2v) is 21.8. The SMILES string of the molecule is CCCCCCCC(=O)C[C@@H](CCN)C(=O)N[C@H](C(=O)C[C@@H](CCN)C(=O)N[C@H]1CCNC(=O)[C@H](CO)NC(=O)[C@H](CCN)NC(=O)[C@H](CCN)NC(=O)[C@H](CC(C)C)NC(=O)[C@@H](CC(C)C)CC(=O)[C@H](CCN)NC1=O)[C@@H](C)O. The number of hydrogen-bond donors (Lipinski definition) is 15. The highest BCUT2D eigenvalue weighted by molar-refractivity contribution is 5.99. The lowest BCUT2D eigenvalue weighted by Crippen LogP contribution is -2.59. The average Bonchev–Trinajstić information content (AvgIpc) is 3.39. The van der Waals surface area contributed by atoms with Crippen LogP contribution < -0.4 is 71.2 Å². The molecular weight excluding hydrogens is 1040 g/mol. The first-order valence-corrected chi connectivity index (χ1v) is 28.7. The van der Waals surface area contributed by atoms with Crippen LogP contribution in [0.4, 0.5) is 0 Å². The van der Waals surface area contributed by atoms with Crippen molar-refractivity contribution >= 4 is 64.6 Å². The fourth-order valence-electron chi connectivity index (χ4n) is 9.35. The topological polar surface area (TPSA) is 455 Å². The molecule has 0 aromatic heterocycles. The second kappa shape index (κ2) is 39.8. The van der Waals surface area contributed by atoms with E-state index in [0.29, 0.717) is 6.42 Å². The fourth-order valence-corrected chi connectivity index (χ4v) is 9.35. The molecule has 1 rings (SSSR count). The molecule has 0 bridgehead atoms. The number of hydrogen-bond acceptors (Lipinski definition) is 18. The standard InChI is InChI=1S/C54H99N13O13/c1-7-8-9-10-11-12-37(70)27-34(13-19-55)48(74)67-46(33(6)69)45(72)28-35(14-20-56)47(73)62-41-18-24-60-50(76)43(30-68)66-52(78)40(17-23-59)63-51(77)39(16-22-58)64-54(80)42(26-32(4)5)65-49(75)36(25-31(2)3)29-44(71)38(15-21-57)61-53(41)79/h31-36,38-43,46,68-69H,7-30,55-59H2,1-6H3,(H,60,76)(H,61,79)(H,62,73)(H,63,77)(H,64,80)(H,65,75)(H,66,78)(H,67,74)/t33-,34-,35-,36+,38+,39+,40+,41+,42+,43+,46+/m1/s1. The van der Waals surface area contributed by atoms with Gasteiger partial charge in [-0.3, -0.25) is 52.7 Å². The van der Waals surface area contributed by atoms with E-state index in [1.54, 1.807) is 0 Å². The van der Waals surface area contributed by atoms with Crippen LogP contribution in [0.25, 0.3) is 0 Å². The minimum absolute atomic E-state index is 0.0647. The van der Waals surface area contributed by atoms with Crippen molar-refractivity contribution in [1.29, 1.82) is 0 Å². The lowest BCUT2D eigenvalue weighted by molar-refractivity contribution is -0.137. The van der Waals surface area contributed by atoms with Gasteiger partial charge in [-0.25, -0.2) is 0 Å². The van der Waals surface area contributed by atoms with Crippen molar-refractivity contribution in [2.24, 2.45) is 58.3 Å². The molecule has 0 aliphatic carbocycles.